The number of hydrogen-bond donors (Lipinski definition) is 1. The van der Waals surface area contributed by atoms with E-state index in [9.17, 15) is 19.5 Å². The van der Waals surface area contributed by atoms with Gasteiger partial charge in [0.05, 0.1) is 66.9 Å². The number of para-hydroxylation sites is 2. The van der Waals surface area contributed by atoms with E-state index >= 15 is 9.59 Å². The maximum atomic E-state index is 15.5. The molecule has 73 heavy (non-hydrogen) atoms. The van der Waals surface area contributed by atoms with Gasteiger partial charge in [0.25, 0.3) is 0 Å². The third-order valence-corrected chi connectivity index (χ3v) is 13.2. The van der Waals surface area contributed by atoms with Crippen LogP contribution in [0.25, 0.3) is 21.8 Å². The molecule has 7 heterocycles. The molecule has 2 aliphatic heterocycles. The topological polar surface area (TPSA) is 223 Å². The van der Waals surface area contributed by atoms with Gasteiger partial charge in [0.1, 0.15) is 33.2 Å². The number of rotatable bonds is 12. The fourth-order valence-electron chi connectivity index (χ4n) is 10.6. The highest BCUT2D eigenvalue weighted by Gasteiger charge is 2.76. The predicted octanol–water partition coefficient (Wildman–Crippen LogP) is 6.86. The van der Waals surface area contributed by atoms with Crippen LogP contribution < -0.4 is 9.47 Å². The Morgan fingerprint density at radius 2 is 1.14 bits per heavy atom. The van der Waals surface area contributed by atoms with E-state index in [1.165, 1.54) is 34.1 Å². The number of fused-ring (bicyclic) bond motifs is 4. The number of carbonyl (C=O) groups is 5. The molecule has 2 aromatic carbocycles. The Hall–Kier alpha value is -8.06. The van der Waals surface area contributed by atoms with Crippen molar-refractivity contribution >= 4 is 51.7 Å². The van der Waals surface area contributed by atoms with Gasteiger partial charge in [0.2, 0.25) is 0 Å². The van der Waals surface area contributed by atoms with Gasteiger partial charge in [-0.15, -0.1) is 0 Å². The number of likely N-dealkylation sites (tertiary alicyclic amines) is 2. The summed E-state index contributed by atoms with van der Waals surface area (Å²) < 4.78 is 28.6. The molecule has 5 aromatic heterocycles. The highest BCUT2D eigenvalue weighted by molar-refractivity contribution is 5.90. The van der Waals surface area contributed by atoms with E-state index in [4.69, 9.17) is 48.6 Å². The first-order valence-corrected chi connectivity index (χ1v) is 23.5. The van der Waals surface area contributed by atoms with Crippen molar-refractivity contribution in [3.05, 3.63) is 162 Å². The molecule has 0 amide bonds. The average Bonchev–Trinajstić information content (AvgIpc) is 3.37. The predicted molar refractivity (Wildman–Crippen MR) is 263 cm³/mol. The summed E-state index contributed by atoms with van der Waals surface area (Å²) in [6, 6.07) is 29.2. The first kappa shape index (κ1) is 49.9. The fourth-order valence-corrected chi connectivity index (χ4v) is 10.6. The molecule has 2 aliphatic rings. The number of aromatic nitrogens is 5. The van der Waals surface area contributed by atoms with Gasteiger partial charge >= 0.3 is 29.8 Å². The van der Waals surface area contributed by atoms with Gasteiger partial charge < -0.3 is 28.8 Å². The number of pyridine rings is 5. The molecule has 0 spiro atoms. The van der Waals surface area contributed by atoms with Gasteiger partial charge in [-0.2, -0.15) is 0 Å². The van der Waals surface area contributed by atoms with Crippen molar-refractivity contribution in [3.8, 4) is 11.5 Å². The Kier molecular flexibility index (Phi) is 13.6. The average molecular weight is 988 g/mol. The van der Waals surface area contributed by atoms with Crippen LogP contribution in [0.5, 0.6) is 11.5 Å². The molecule has 9 rings (SSSR count). The summed E-state index contributed by atoms with van der Waals surface area (Å²) in [5.41, 5.74) is -2.74. The van der Waals surface area contributed by atoms with Crippen molar-refractivity contribution in [2.45, 2.75) is 71.0 Å². The van der Waals surface area contributed by atoms with E-state index in [0.29, 0.717) is 50.3 Å². The third kappa shape index (κ3) is 9.24. The molecule has 374 valence electrons. The first-order chi connectivity index (χ1) is 35.0. The van der Waals surface area contributed by atoms with Crippen LogP contribution in [0.15, 0.2) is 128 Å². The van der Waals surface area contributed by atoms with E-state index in [1.54, 1.807) is 118 Å². The molecule has 2 saturated heterocycles. The van der Waals surface area contributed by atoms with E-state index in [1.807, 2.05) is 34.1 Å². The van der Waals surface area contributed by atoms with Crippen molar-refractivity contribution < 1.29 is 52.8 Å². The fraction of sp³-hybridized carbons (Fsp3) is 0.309. The Labute approximate surface area is 420 Å². The second-order valence-corrected chi connectivity index (χ2v) is 19.1. The van der Waals surface area contributed by atoms with Gasteiger partial charge in [0, 0.05) is 56.6 Å². The minimum Gasteiger partial charge on any atom is -0.468 e. The monoisotopic (exact) mass is 987 g/mol. The second-order valence-electron chi connectivity index (χ2n) is 19.1. The molecule has 0 aliphatic carbocycles. The number of benzene rings is 2. The summed E-state index contributed by atoms with van der Waals surface area (Å²) in [5.74, 6) is -3.21. The number of aliphatic hydroxyl groups excluding tert-OH is 1. The van der Waals surface area contributed by atoms with Gasteiger partial charge in [-0.1, -0.05) is 54.6 Å². The SMILES string of the molecule is COC(=O)C12CN(C(c3ccc4cccc(OC(C)=O)c4n3)c3ccc4cccc(OC(C)=O)c4n3)CC(C(=O)OC)(C(c3ccccn3)N(Cc3cccc(C(=O)OC(C)(C)C)n3)C1c1ccccn1)C2O. The smallest absolute Gasteiger partial charge is 0.357 e. The van der Waals surface area contributed by atoms with Crippen molar-refractivity contribution in [2.24, 2.45) is 10.8 Å². The summed E-state index contributed by atoms with van der Waals surface area (Å²) in [4.78, 5) is 98.0. The van der Waals surface area contributed by atoms with Crippen LogP contribution in [0, 0.1) is 10.8 Å². The lowest BCUT2D eigenvalue weighted by atomic mass is 9.53. The third-order valence-electron chi connectivity index (χ3n) is 13.2. The molecule has 4 unspecified atom stereocenters. The number of nitrogens with zero attached hydrogens (tertiary/aromatic N) is 7. The summed E-state index contributed by atoms with van der Waals surface area (Å²) in [7, 11) is 2.42. The molecular weight excluding hydrogens is 935 g/mol. The van der Waals surface area contributed by atoms with E-state index in [0.717, 1.165) is 0 Å². The van der Waals surface area contributed by atoms with E-state index in [-0.39, 0.29) is 36.8 Å². The Morgan fingerprint density at radius 1 is 0.644 bits per heavy atom. The molecule has 0 saturated carbocycles. The summed E-state index contributed by atoms with van der Waals surface area (Å²) in [6.45, 7) is 7.02. The van der Waals surface area contributed by atoms with Crippen molar-refractivity contribution in [1.29, 1.82) is 0 Å². The van der Waals surface area contributed by atoms with Crippen molar-refractivity contribution in [3.63, 3.8) is 0 Å². The molecule has 18 nitrogen and oxygen atoms in total. The van der Waals surface area contributed by atoms with Crippen LogP contribution >= 0.6 is 0 Å². The standard InChI is InChI=1S/C55H53N7O11/c1-32(63)71-42-21-12-15-34-23-25-37(59-44(34)42)46(38-26-24-35-16-13-22-43(45(35)60-38)72-33(2)64)61-30-54(51(67)69-6)47(39-18-8-10-27-56-39)62(29-36-17-14-20-41(58-36)49(65)73-53(3,4)5)48(40-19-9-11-28-57-40)55(31-61,50(54)66)52(68)70-7/h8-28,46-48,50,66H,29-31H2,1-7H3. The Bertz CT molecular complexity index is 3090. The van der Waals surface area contributed by atoms with Gasteiger partial charge in [-0.3, -0.25) is 38.9 Å². The molecule has 0 radical (unpaired) electrons. The number of aliphatic hydroxyl groups is 1. The number of ether oxygens (including phenoxy) is 5. The number of piperidine rings is 2. The zero-order valence-corrected chi connectivity index (χ0v) is 41.2. The number of carbonyl (C=O) groups excluding carboxylic acids is 5. The Morgan fingerprint density at radius 3 is 1.58 bits per heavy atom. The van der Waals surface area contributed by atoms with Gasteiger partial charge in [0.15, 0.2) is 11.5 Å². The van der Waals surface area contributed by atoms with Crippen molar-refractivity contribution in [2.75, 3.05) is 27.3 Å². The molecule has 2 fully saturated rings. The largest absolute Gasteiger partial charge is 0.468 e. The first-order valence-electron chi connectivity index (χ1n) is 23.5. The lowest BCUT2D eigenvalue weighted by molar-refractivity contribution is -0.257. The quantitative estimate of drug-likeness (QED) is 0.0750. The summed E-state index contributed by atoms with van der Waals surface area (Å²) >= 11 is 0. The van der Waals surface area contributed by atoms with Crippen LogP contribution in [-0.2, 0) is 39.9 Å². The lowest BCUT2D eigenvalue weighted by Crippen LogP contribution is -2.77. The number of hydrogen-bond acceptors (Lipinski definition) is 18. The van der Waals surface area contributed by atoms with Crippen LogP contribution in [-0.4, -0.2) is 109 Å². The highest BCUT2D eigenvalue weighted by Crippen LogP contribution is 2.64. The van der Waals surface area contributed by atoms with Gasteiger partial charge in [-0.25, -0.2) is 19.7 Å². The number of methoxy groups -OCH3 is 2. The summed E-state index contributed by atoms with van der Waals surface area (Å²) in [6.07, 6.45) is 1.26. The van der Waals surface area contributed by atoms with E-state index in [2.05, 4.69) is 0 Å². The van der Waals surface area contributed by atoms with Crippen LogP contribution in [0.3, 0.4) is 0 Å². The normalized spacial score (nSPS) is 21.1. The van der Waals surface area contributed by atoms with Crippen LogP contribution in [0.1, 0.15) is 91.7 Å². The zero-order chi connectivity index (χ0) is 51.8. The molecule has 1 N–H and O–H groups in total. The maximum absolute atomic E-state index is 15.5. The molecule has 7 aromatic rings. The van der Waals surface area contributed by atoms with Crippen molar-refractivity contribution in [1.82, 2.24) is 34.7 Å². The van der Waals surface area contributed by atoms with Crippen LogP contribution in [0.2, 0.25) is 0 Å². The lowest BCUT2D eigenvalue weighted by Gasteiger charge is -2.65. The summed E-state index contributed by atoms with van der Waals surface area (Å²) in [5, 5.41) is 14.9. The molecular formula is C55H53N7O11. The number of esters is 5. The van der Waals surface area contributed by atoms with Gasteiger partial charge in [-0.05, 0) is 81.4 Å². The molecule has 2 bridgehead atoms. The van der Waals surface area contributed by atoms with Crippen LogP contribution in [0.4, 0.5) is 0 Å². The zero-order valence-electron chi connectivity index (χ0n) is 41.2. The minimum absolute atomic E-state index is 0.0207. The maximum Gasteiger partial charge on any atom is 0.357 e. The Balaban J connectivity index is 1.35. The molecule has 18 heteroatoms. The molecule has 4 atom stereocenters. The highest BCUT2D eigenvalue weighted by atomic mass is 16.6. The minimum atomic E-state index is -2.12. The van der Waals surface area contributed by atoms with E-state index < -0.39 is 70.5 Å². The second kappa shape index (κ2) is 19.9.